The van der Waals surface area contributed by atoms with Crippen LogP contribution in [0.5, 0.6) is 11.5 Å². The smallest absolute Gasteiger partial charge is 0.145 e. The van der Waals surface area contributed by atoms with Crippen LogP contribution in [-0.2, 0) is 6.54 Å². The molecule has 0 amide bonds. The number of aryl methyl sites for hydroxylation is 2. The van der Waals surface area contributed by atoms with Crippen LogP contribution >= 0.6 is 0 Å². The molecule has 0 fully saturated rings. The van der Waals surface area contributed by atoms with Crippen LogP contribution < -0.4 is 10.5 Å². The van der Waals surface area contributed by atoms with E-state index in [9.17, 15) is 0 Å². The molecule has 0 bridgehead atoms. The molecule has 0 saturated heterocycles. The van der Waals surface area contributed by atoms with Gasteiger partial charge in [-0.05, 0) is 31.5 Å². The third kappa shape index (κ3) is 2.63. The van der Waals surface area contributed by atoms with Gasteiger partial charge in [0.05, 0.1) is 6.20 Å². The lowest BCUT2D eigenvalue weighted by molar-refractivity contribution is 0.470. The Morgan fingerprint density at radius 1 is 1.18 bits per heavy atom. The minimum Gasteiger partial charge on any atom is -0.455 e. The van der Waals surface area contributed by atoms with E-state index in [1.807, 2.05) is 44.2 Å². The Balaban J connectivity index is 2.32. The lowest BCUT2D eigenvalue weighted by Gasteiger charge is -2.12. The predicted molar refractivity (Wildman–Crippen MR) is 68.1 cm³/mol. The number of rotatable bonds is 3. The molecule has 88 valence electrons. The van der Waals surface area contributed by atoms with E-state index >= 15 is 0 Å². The Morgan fingerprint density at radius 2 is 2.00 bits per heavy atom. The van der Waals surface area contributed by atoms with Gasteiger partial charge < -0.3 is 10.5 Å². The van der Waals surface area contributed by atoms with E-state index < -0.39 is 0 Å². The standard InChI is InChI=1S/C14H16N2O/c1-10-4-3-5-12(8-15)14(10)17-13-7-6-11(2)16-9-13/h3-7,9H,8,15H2,1-2H3. The summed E-state index contributed by atoms with van der Waals surface area (Å²) in [5.41, 5.74) is 8.76. The minimum atomic E-state index is 0.469. The highest BCUT2D eigenvalue weighted by atomic mass is 16.5. The molecule has 3 heteroatoms. The number of pyridine rings is 1. The number of nitrogens with zero attached hydrogens (tertiary/aromatic N) is 1. The van der Waals surface area contributed by atoms with Crippen molar-refractivity contribution in [3.05, 3.63) is 53.3 Å². The van der Waals surface area contributed by atoms with Crippen molar-refractivity contribution < 1.29 is 4.74 Å². The van der Waals surface area contributed by atoms with E-state index in [2.05, 4.69) is 4.98 Å². The molecule has 3 nitrogen and oxygen atoms in total. The molecular weight excluding hydrogens is 212 g/mol. The second kappa shape index (κ2) is 4.97. The number of hydrogen-bond donors (Lipinski definition) is 1. The SMILES string of the molecule is Cc1ccc(Oc2c(C)cccc2CN)cn1. The van der Waals surface area contributed by atoms with Gasteiger partial charge in [0, 0.05) is 17.8 Å². The molecule has 0 aliphatic heterocycles. The van der Waals surface area contributed by atoms with Crippen LogP contribution in [0.25, 0.3) is 0 Å². The highest BCUT2D eigenvalue weighted by Gasteiger charge is 2.06. The number of hydrogen-bond acceptors (Lipinski definition) is 3. The first-order valence-corrected chi connectivity index (χ1v) is 5.60. The predicted octanol–water partition coefficient (Wildman–Crippen LogP) is 2.95. The molecule has 0 unspecified atom stereocenters. The molecule has 2 aromatic rings. The van der Waals surface area contributed by atoms with Gasteiger partial charge in [-0.2, -0.15) is 0 Å². The number of para-hydroxylation sites is 1. The summed E-state index contributed by atoms with van der Waals surface area (Å²) in [6.45, 7) is 4.43. The lowest BCUT2D eigenvalue weighted by Crippen LogP contribution is -2.01. The molecule has 1 aromatic carbocycles. The van der Waals surface area contributed by atoms with Crippen LogP contribution in [0.2, 0.25) is 0 Å². The Kier molecular flexibility index (Phi) is 3.40. The summed E-state index contributed by atoms with van der Waals surface area (Å²) >= 11 is 0. The molecule has 0 atom stereocenters. The normalized spacial score (nSPS) is 10.3. The Morgan fingerprint density at radius 3 is 2.65 bits per heavy atom. The third-order valence-corrected chi connectivity index (χ3v) is 2.62. The zero-order chi connectivity index (χ0) is 12.3. The van der Waals surface area contributed by atoms with Gasteiger partial charge in [-0.25, -0.2) is 0 Å². The van der Waals surface area contributed by atoms with Crippen molar-refractivity contribution in [1.29, 1.82) is 0 Å². The third-order valence-electron chi connectivity index (χ3n) is 2.62. The van der Waals surface area contributed by atoms with E-state index in [-0.39, 0.29) is 0 Å². The number of benzene rings is 1. The molecule has 0 aliphatic rings. The Bertz CT molecular complexity index is 506. The maximum absolute atomic E-state index is 5.84. The second-order valence-corrected chi connectivity index (χ2v) is 4.00. The van der Waals surface area contributed by atoms with Crippen molar-refractivity contribution in [2.45, 2.75) is 20.4 Å². The summed E-state index contributed by atoms with van der Waals surface area (Å²) in [7, 11) is 0. The zero-order valence-electron chi connectivity index (χ0n) is 10.1. The molecular formula is C14H16N2O. The molecule has 1 aromatic heterocycles. The summed E-state index contributed by atoms with van der Waals surface area (Å²) < 4.78 is 5.84. The summed E-state index contributed by atoms with van der Waals surface area (Å²) in [5.74, 6) is 1.57. The van der Waals surface area contributed by atoms with Crippen molar-refractivity contribution in [3.8, 4) is 11.5 Å². The monoisotopic (exact) mass is 228 g/mol. The number of aromatic nitrogens is 1. The van der Waals surface area contributed by atoms with Gasteiger partial charge in [0.2, 0.25) is 0 Å². The van der Waals surface area contributed by atoms with E-state index in [1.54, 1.807) is 6.20 Å². The summed E-state index contributed by atoms with van der Waals surface area (Å²) in [4.78, 5) is 4.20. The number of nitrogens with two attached hydrogens (primary N) is 1. The van der Waals surface area contributed by atoms with E-state index in [1.165, 1.54) is 0 Å². The summed E-state index contributed by atoms with van der Waals surface area (Å²) in [6.07, 6.45) is 1.72. The Hall–Kier alpha value is -1.87. The van der Waals surface area contributed by atoms with Gasteiger partial charge in [0.25, 0.3) is 0 Å². The van der Waals surface area contributed by atoms with Gasteiger partial charge in [0.15, 0.2) is 0 Å². The van der Waals surface area contributed by atoms with Gasteiger partial charge >= 0.3 is 0 Å². The van der Waals surface area contributed by atoms with Crippen molar-refractivity contribution in [2.24, 2.45) is 5.73 Å². The highest BCUT2D eigenvalue weighted by Crippen LogP contribution is 2.28. The van der Waals surface area contributed by atoms with Crippen molar-refractivity contribution in [3.63, 3.8) is 0 Å². The number of ether oxygens (including phenoxy) is 1. The molecule has 1 heterocycles. The van der Waals surface area contributed by atoms with Crippen LogP contribution in [0, 0.1) is 13.8 Å². The van der Waals surface area contributed by atoms with Gasteiger partial charge in [0.1, 0.15) is 11.5 Å². The average molecular weight is 228 g/mol. The molecule has 2 N–H and O–H groups in total. The quantitative estimate of drug-likeness (QED) is 0.878. The second-order valence-electron chi connectivity index (χ2n) is 4.00. The average Bonchev–Trinajstić information content (AvgIpc) is 2.34. The fourth-order valence-corrected chi connectivity index (χ4v) is 1.65. The van der Waals surface area contributed by atoms with Crippen LogP contribution in [0.1, 0.15) is 16.8 Å². The fourth-order valence-electron chi connectivity index (χ4n) is 1.65. The van der Waals surface area contributed by atoms with Crippen LogP contribution in [0.15, 0.2) is 36.5 Å². The molecule has 0 spiro atoms. The van der Waals surface area contributed by atoms with Crippen molar-refractivity contribution in [1.82, 2.24) is 4.98 Å². The van der Waals surface area contributed by atoms with Gasteiger partial charge in [-0.3, -0.25) is 4.98 Å². The lowest BCUT2D eigenvalue weighted by atomic mass is 10.1. The minimum absolute atomic E-state index is 0.469. The van der Waals surface area contributed by atoms with E-state index in [0.717, 1.165) is 28.3 Å². The molecule has 0 radical (unpaired) electrons. The maximum Gasteiger partial charge on any atom is 0.145 e. The van der Waals surface area contributed by atoms with E-state index in [0.29, 0.717) is 6.54 Å². The molecule has 0 aliphatic carbocycles. The molecule has 0 saturated carbocycles. The zero-order valence-corrected chi connectivity index (χ0v) is 10.1. The van der Waals surface area contributed by atoms with Crippen LogP contribution in [-0.4, -0.2) is 4.98 Å². The summed E-state index contributed by atoms with van der Waals surface area (Å²) in [5, 5.41) is 0. The topological polar surface area (TPSA) is 48.1 Å². The maximum atomic E-state index is 5.84. The first kappa shape index (κ1) is 11.6. The summed E-state index contributed by atoms with van der Waals surface area (Å²) in [6, 6.07) is 9.81. The highest BCUT2D eigenvalue weighted by molar-refractivity contribution is 5.43. The molecule has 2 rings (SSSR count). The first-order valence-electron chi connectivity index (χ1n) is 5.60. The van der Waals surface area contributed by atoms with E-state index in [4.69, 9.17) is 10.5 Å². The van der Waals surface area contributed by atoms with Crippen molar-refractivity contribution >= 4 is 0 Å². The van der Waals surface area contributed by atoms with Gasteiger partial charge in [-0.1, -0.05) is 18.2 Å². The fraction of sp³-hybridized carbons (Fsp3) is 0.214. The Labute approximate surface area is 101 Å². The van der Waals surface area contributed by atoms with Gasteiger partial charge in [-0.15, -0.1) is 0 Å². The van der Waals surface area contributed by atoms with Crippen LogP contribution in [0.4, 0.5) is 0 Å². The van der Waals surface area contributed by atoms with Crippen molar-refractivity contribution in [2.75, 3.05) is 0 Å². The molecule has 17 heavy (non-hydrogen) atoms. The van der Waals surface area contributed by atoms with Crippen LogP contribution in [0.3, 0.4) is 0 Å². The largest absolute Gasteiger partial charge is 0.455 e. The first-order chi connectivity index (χ1) is 8.20.